The molecule has 1 N–H and O–H groups in total. The minimum absolute atomic E-state index is 0.206. The van der Waals surface area contributed by atoms with E-state index in [1.807, 2.05) is 12.1 Å². The lowest BCUT2D eigenvalue weighted by atomic mass is 9.97. The Bertz CT molecular complexity index is 425. The van der Waals surface area contributed by atoms with Gasteiger partial charge in [0.2, 0.25) is 0 Å². The summed E-state index contributed by atoms with van der Waals surface area (Å²) in [4.78, 5) is 0. The van der Waals surface area contributed by atoms with Gasteiger partial charge in [0.15, 0.2) is 0 Å². The molecule has 4 heteroatoms. The van der Waals surface area contributed by atoms with Gasteiger partial charge in [0.1, 0.15) is 5.82 Å². The summed E-state index contributed by atoms with van der Waals surface area (Å²) < 4.78 is 14.7. The summed E-state index contributed by atoms with van der Waals surface area (Å²) in [5, 5.41) is 3.72. The summed E-state index contributed by atoms with van der Waals surface area (Å²) in [6.45, 7) is 3.20. The van der Waals surface area contributed by atoms with Crippen LogP contribution in [0.1, 0.15) is 44.1 Å². The summed E-state index contributed by atoms with van der Waals surface area (Å²) in [5.41, 5.74) is 0.768. The van der Waals surface area contributed by atoms with Crippen molar-refractivity contribution in [2.75, 3.05) is 6.54 Å². The van der Waals surface area contributed by atoms with Gasteiger partial charge in [0, 0.05) is 10.5 Å². The monoisotopic (exact) mass is 333 g/mol. The molecule has 1 aromatic carbocycles. The third-order valence-corrected chi connectivity index (χ3v) is 4.88. The fourth-order valence-electron chi connectivity index (χ4n) is 2.65. The van der Waals surface area contributed by atoms with E-state index in [4.69, 9.17) is 11.6 Å². The SMILES string of the molecule is CCCNC1CCC(c2ccc(Br)c(Cl)c2F)C1. The van der Waals surface area contributed by atoms with E-state index in [9.17, 15) is 4.39 Å². The maximum atomic E-state index is 14.1. The second-order valence-corrected chi connectivity index (χ2v) is 6.16. The molecule has 1 fully saturated rings. The molecule has 18 heavy (non-hydrogen) atoms. The van der Waals surface area contributed by atoms with E-state index in [0.29, 0.717) is 16.4 Å². The molecule has 1 aromatic rings. The molecule has 0 spiro atoms. The lowest BCUT2D eigenvalue weighted by Gasteiger charge is -2.14. The second-order valence-electron chi connectivity index (χ2n) is 4.93. The second kappa shape index (κ2) is 6.36. The number of hydrogen-bond donors (Lipinski definition) is 1. The average molecular weight is 335 g/mol. The molecule has 0 bridgehead atoms. The number of hydrogen-bond acceptors (Lipinski definition) is 1. The van der Waals surface area contributed by atoms with Crippen LogP contribution >= 0.6 is 27.5 Å². The van der Waals surface area contributed by atoms with Crippen molar-refractivity contribution in [3.63, 3.8) is 0 Å². The number of benzene rings is 1. The van der Waals surface area contributed by atoms with Crippen LogP contribution in [-0.2, 0) is 0 Å². The first-order chi connectivity index (χ1) is 8.63. The van der Waals surface area contributed by atoms with E-state index in [0.717, 1.165) is 37.8 Å². The summed E-state index contributed by atoms with van der Waals surface area (Å²) in [7, 11) is 0. The smallest absolute Gasteiger partial charge is 0.146 e. The highest BCUT2D eigenvalue weighted by Gasteiger charge is 2.28. The molecule has 2 rings (SSSR count). The average Bonchev–Trinajstić information content (AvgIpc) is 2.82. The minimum Gasteiger partial charge on any atom is -0.314 e. The molecule has 100 valence electrons. The van der Waals surface area contributed by atoms with E-state index in [1.165, 1.54) is 0 Å². The fraction of sp³-hybridized carbons (Fsp3) is 0.571. The van der Waals surface area contributed by atoms with Gasteiger partial charge in [-0.2, -0.15) is 0 Å². The largest absolute Gasteiger partial charge is 0.314 e. The van der Waals surface area contributed by atoms with Gasteiger partial charge in [0.05, 0.1) is 5.02 Å². The lowest BCUT2D eigenvalue weighted by molar-refractivity contribution is 0.512. The Kier molecular flexibility index (Phi) is 5.05. The van der Waals surface area contributed by atoms with Gasteiger partial charge in [-0.05, 0) is 65.7 Å². The first-order valence-electron chi connectivity index (χ1n) is 6.50. The fourth-order valence-corrected chi connectivity index (χ4v) is 3.13. The van der Waals surface area contributed by atoms with Crippen molar-refractivity contribution in [3.8, 4) is 0 Å². The van der Waals surface area contributed by atoms with Gasteiger partial charge in [-0.15, -0.1) is 0 Å². The van der Waals surface area contributed by atoms with Crippen molar-refractivity contribution in [1.29, 1.82) is 0 Å². The van der Waals surface area contributed by atoms with Crippen molar-refractivity contribution >= 4 is 27.5 Å². The highest BCUT2D eigenvalue weighted by Crippen LogP contribution is 2.39. The van der Waals surface area contributed by atoms with Gasteiger partial charge in [-0.3, -0.25) is 0 Å². The Labute approximate surface area is 121 Å². The Morgan fingerprint density at radius 2 is 2.22 bits per heavy atom. The molecule has 0 heterocycles. The van der Waals surface area contributed by atoms with Crippen LogP contribution in [0.4, 0.5) is 4.39 Å². The van der Waals surface area contributed by atoms with E-state index in [1.54, 1.807) is 0 Å². The van der Waals surface area contributed by atoms with Gasteiger partial charge < -0.3 is 5.32 Å². The standard InChI is InChI=1S/C14H18BrClFN/c1-2-7-18-10-4-3-9(8-10)11-5-6-12(15)13(16)14(11)17/h5-6,9-10,18H,2-4,7-8H2,1H3. The Hall–Kier alpha value is -0.120. The quantitative estimate of drug-likeness (QED) is 0.774. The van der Waals surface area contributed by atoms with Crippen LogP contribution in [0.15, 0.2) is 16.6 Å². The minimum atomic E-state index is -0.257. The van der Waals surface area contributed by atoms with Crippen molar-refractivity contribution in [2.45, 2.75) is 44.6 Å². The van der Waals surface area contributed by atoms with Crippen molar-refractivity contribution in [2.24, 2.45) is 0 Å². The van der Waals surface area contributed by atoms with Gasteiger partial charge in [-0.25, -0.2) is 4.39 Å². The molecule has 2 unspecified atom stereocenters. The summed E-state index contributed by atoms with van der Waals surface area (Å²) in [5.74, 6) is 0.0390. The van der Waals surface area contributed by atoms with Crippen LogP contribution in [0.3, 0.4) is 0 Å². The third-order valence-electron chi connectivity index (χ3n) is 3.62. The Morgan fingerprint density at radius 1 is 1.44 bits per heavy atom. The zero-order valence-corrected chi connectivity index (χ0v) is 12.8. The topological polar surface area (TPSA) is 12.0 Å². The number of rotatable bonds is 4. The van der Waals surface area contributed by atoms with E-state index in [2.05, 4.69) is 28.2 Å². The highest BCUT2D eigenvalue weighted by molar-refractivity contribution is 9.10. The molecule has 0 amide bonds. The van der Waals surface area contributed by atoms with Gasteiger partial charge in [0.25, 0.3) is 0 Å². The van der Waals surface area contributed by atoms with Crippen LogP contribution in [0.5, 0.6) is 0 Å². The third kappa shape index (κ3) is 3.06. The van der Waals surface area contributed by atoms with Crippen LogP contribution in [-0.4, -0.2) is 12.6 Å². The molecule has 1 saturated carbocycles. The highest BCUT2D eigenvalue weighted by atomic mass is 79.9. The maximum Gasteiger partial charge on any atom is 0.146 e. The first kappa shape index (κ1) is 14.3. The molecule has 0 aliphatic heterocycles. The summed E-state index contributed by atoms with van der Waals surface area (Å²) >= 11 is 9.19. The Morgan fingerprint density at radius 3 is 2.94 bits per heavy atom. The Balaban J connectivity index is 2.07. The predicted octanol–water partition coefficient (Wildman–Crippen LogP) is 4.88. The lowest BCUT2D eigenvalue weighted by Crippen LogP contribution is -2.26. The van der Waals surface area contributed by atoms with E-state index < -0.39 is 0 Å². The van der Waals surface area contributed by atoms with E-state index >= 15 is 0 Å². The predicted molar refractivity (Wildman–Crippen MR) is 77.8 cm³/mol. The molecule has 1 nitrogen and oxygen atoms in total. The van der Waals surface area contributed by atoms with Crippen LogP contribution in [0.2, 0.25) is 5.02 Å². The molecular formula is C14H18BrClFN. The molecule has 0 saturated heterocycles. The summed E-state index contributed by atoms with van der Waals surface area (Å²) in [6.07, 6.45) is 4.31. The number of halogens is 3. The molecule has 0 aromatic heterocycles. The van der Waals surface area contributed by atoms with Crippen molar-refractivity contribution in [1.82, 2.24) is 5.32 Å². The molecule has 1 aliphatic carbocycles. The van der Waals surface area contributed by atoms with Gasteiger partial charge in [-0.1, -0.05) is 24.6 Å². The molecular weight excluding hydrogens is 317 g/mol. The maximum absolute atomic E-state index is 14.1. The molecule has 0 radical (unpaired) electrons. The number of nitrogens with one attached hydrogen (secondary N) is 1. The van der Waals surface area contributed by atoms with Crippen LogP contribution < -0.4 is 5.32 Å². The first-order valence-corrected chi connectivity index (χ1v) is 7.67. The summed E-state index contributed by atoms with van der Waals surface area (Å²) in [6, 6.07) is 4.22. The normalized spacial score (nSPS) is 23.6. The van der Waals surface area contributed by atoms with Crippen molar-refractivity contribution < 1.29 is 4.39 Å². The zero-order chi connectivity index (χ0) is 13.1. The molecule has 2 atom stereocenters. The van der Waals surface area contributed by atoms with E-state index in [-0.39, 0.29) is 10.8 Å². The zero-order valence-electron chi connectivity index (χ0n) is 10.5. The van der Waals surface area contributed by atoms with Gasteiger partial charge >= 0.3 is 0 Å². The van der Waals surface area contributed by atoms with Crippen LogP contribution in [0, 0.1) is 5.82 Å². The van der Waals surface area contributed by atoms with Crippen LogP contribution in [0.25, 0.3) is 0 Å². The van der Waals surface area contributed by atoms with Crippen molar-refractivity contribution in [3.05, 3.63) is 33.0 Å². The molecule has 1 aliphatic rings.